The van der Waals surface area contributed by atoms with E-state index >= 15 is 0 Å². The molecule has 1 aromatic carbocycles. The first-order valence-electron chi connectivity index (χ1n) is 5.39. The zero-order chi connectivity index (χ0) is 13.6. The van der Waals surface area contributed by atoms with Crippen LogP contribution in [0.4, 0.5) is 0 Å². The zero-order valence-corrected chi connectivity index (χ0v) is 10.9. The summed E-state index contributed by atoms with van der Waals surface area (Å²) in [6.07, 6.45) is 1.63. The third-order valence-corrected chi connectivity index (χ3v) is 3.50. The quantitative estimate of drug-likeness (QED) is 0.227. The van der Waals surface area contributed by atoms with E-state index < -0.39 is 9.84 Å². The van der Waals surface area contributed by atoms with Gasteiger partial charge in [0.2, 0.25) is 0 Å². The Labute approximate surface area is 106 Å². The summed E-state index contributed by atoms with van der Waals surface area (Å²) >= 11 is 0. The van der Waals surface area contributed by atoms with Gasteiger partial charge in [0.15, 0.2) is 9.84 Å². The summed E-state index contributed by atoms with van der Waals surface area (Å²) < 4.78 is 22.5. The van der Waals surface area contributed by atoms with Crippen molar-refractivity contribution in [3.63, 3.8) is 0 Å². The van der Waals surface area contributed by atoms with Crippen LogP contribution in [0.15, 0.2) is 34.3 Å². The molecule has 18 heavy (non-hydrogen) atoms. The minimum absolute atomic E-state index is 0.176. The third kappa shape index (κ3) is 4.72. The lowest BCUT2D eigenvalue weighted by Gasteiger charge is -2.05. The van der Waals surface area contributed by atoms with Gasteiger partial charge in [0.1, 0.15) is 5.84 Å². The van der Waals surface area contributed by atoms with Crippen LogP contribution in [0, 0.1) is 0 Å². The van der Waals surface area contributed by atoms with Crippen LogP contribution in [-0.2, 0) is 16.4 Å². The number of nitrogens with two attached hydrogens (primary N) is 1. The van der Waals surface area contributed by atoms with Crippen LogP contribution in [0.1, 0.15) is 12.0 Å². The van der Waals surface area contributed by atoms with Gasteiger partial charge >= 0.3 is 0 Å². The van der Waals surface area contributed by atoms with Gasteiger partial charge in [-0.05, 0) is 17.7 Å². The summed E-state index contributed by atoms with van der Waals surface area (Å²) in [6, 6.07) is 6.67. The highest BCUT2D eigenvalue weighted by Gasteiger charge is 2.05. The molecule has 100 valence electrons. The molecule has 0 bridgehead atoms. The number of rotatable bonds is 6. The van der Waals surface area contributed by atoms with Crippen molar-refractivity contribution in [1.29, 1.82) is 0 Å². The van der Waals surface area contributed by atoms with Gasteiger partial charge in [-0.1, -0.05) is 17.3 Å². The first-order chi connectivity index (χ1) is 8.43. The fourth-order valence-electron chi connectivity index (χ4n) is 1.35. The van der Waals surface area contributed by atoms with Crippen molar-refractivity contribution in [1.82, 2.24) is 5.32 Å². The molecule has 0 aromatic heterocycles. The molecule has 0 heterocycles. The van der Waals surface area contributed by atoms with Crippen molar-refractivity contribution < 1.29 is 13.6 Å². The number of amidine groups is 1. The number of oxime groups is 1. The lowest BCUT2D eigenvalue weighted by atomic mass is 10.2. The Balaban J connectivity index is 2.45. The molecule has 0 amide bonds. The van der Waals surface area contributed by atoms with E-state index in [1.165, 1.54) is 6.26 Å². The lowest BCUT2D eigenvalue weighted by Crippen LogP contribution is -2.22. The van der Waals surface area contributed by atoms with Crippen LogP contribution in [0.2, 0.25) is 0 Å². The van der Waals surface area contributed by atoms with E-state index in [1.54, 1.807) is 24.3 Å². The van der Waals surface area contributed by atoms with E-state index in [0.29, 0.717) is 24.4 Å². The summed E-state index contributed by atoms with van der Waals surface area (Å²) in [7, 11) is -3.14. The first-order valence-corrected chi connectivity index (χ1v) is 7.28. The van der Waals surface area contributed by atoms with E-state index in [2.05, 4.69) is 10.5 Å². The molecule has 0 atom stereocenters. The zero-order valence-electron chi connectivity index (χ0n) is 10.1. The molecule has 4 N–H and O–H groups in total. The molecule has 0 unspecified atom stereocenters. The third-order valence-electron chi connectivity index (χ3n) is 2.37. The van der Waals surface area contributed by atoms with Crippen molar-refractivity contribution in [2.45, 2.75) is 17.9 Å². The molecular formula is C11H17N3O3S. The van der Waals surface area contributed by atoms with Crippen LogP contribution in [0.3, 0.4) is 0 Å². The van der Waals surface area contributed by atoms with Gasteiger partial charge < -0.3 is 16.3 Å². The van der Waals surface area contributed by atoms with Gasteiger partial charge in [-0.25, -0.2) is 8.42 Å². The van der Waals surface area contributed by atoms with Crippen LogP contribution < -0.4 is 11.1 Å². The molecule has 0 radical (unpaired) electrons. The topological polar surface area (TPSA) is 105 Å². The van der Waals surface area contributed by atoms with Crippen LogP contribution in [0.5, 0.6) is 0 Å². The maximum absolute atomic E-state index is 11.2. The predicted octanol–water partition coefficient (Wildman–Crippen LogP) is 0.316. The van der Waals surface area contributed by atoms with Crippen LogP contribution in [0.25, 0.3) is 0 Å². The van der Waals surface area contributed by atoms with Crippen LogP contribution >= 0.6 is 0 Å². The molecule has 0 saturated carbocycles. The van der Waals surface area contributed by atoms with Crippen molar-refractivity contribution in [3.05, 3.63) is 29.8 Å². The second-order valence-electron chi connectivity index (χ2n) is 3.93. The Bertz CT molecular complexity index is 509. The molecule has 0 aliphatic heterocycles. The molecule has 0 spiro atoms. The highest BCUT2D eigenvalue weighted by molar-refractivity contribution is 7.90. The summed E-state index contributed by atoms with van der Waals surface area (Å²) in [4.78, 5) is 0.308. The second-order valence-corrected chi connectivity index (χ2v) is 5.95. The summed E-state index contributed by atoms with van der Waals surface area (Å²) in [5.41, 5.74) is 6.29. The van der Waals surface area contributed by atoms with E-state index in [9.17, 15) is 8.42 Å². The molecular weight excluding hydrogens is 254 g/mol. The predicted molar refractivity (Wildman–Crippen MR) is 69.3 cm³/mol. The van der Waals surface area contributed by atoms with Gasteiger partial charge in [-0.15, -0.1) is 0 Å². The SMILES string of the molecule is CS(=O)(=O)c1ccc(CNCCC(N)=NO)cc1. The van der Waals surface area contributed by atoms with E-state index in [1.807, 2.05) is 0 Å². The Hall–Kier alpha value is -1.60. The Morgan fingerprint density at radius 3 is 2.50 bits per heavy atom. The van der Waals surface area contributed by atoms with E-state index in [0.717, 1.165) is 5.56 Å². The van der Waals surface area contributed by atoms with Crippen molar-refractivity contribution in [3.8, 4) is 0 Å². The summed E-state index contributed by atoms with van der Waals surface area (Å²) in [5, 5.41) is 14.3. The van der Waals surface area contributed by atoms with Crippen molar-refractivity contribution >= 4 is 15.7 Å². The number of nitrogens with zero attached hydrogens (tertiary/aromatic N) is 1. The maximum Gasteiger partial charge on any atom is 0.175 e. The molecule has 7 heteroatoms. The fraction of sp³-hybridized carbons (Fsp3) is 0.364. The van der Waals surface area contributed by atoms with Crippen molar-refractivity contribution in [2.75, 3.05) is 12.8 Å². The monoisotopic (exact) mass is 271 g/mol. The number of sulfone groups is 1. The van der Waals surface area contributed by atoms with Gasteiger partial charge in [0, 0.05) is 25.8 Å². The largest absolute Gasteiger partial charge is 0.409 e. The normalized spacial score (nSPS) is 12.6. The first kappa shape index (κ1) is 14.5. The Morgan fingerprint density at radius 1 is 1.39 bits per heavy atom. The average molecular weight is 271 g/mol. The molecule has 1 aromatic rings. The molecule has 0 saturated heterocycles. The van der Waals surface area contributed by atoms with E-state index in [4.69, 9.17) is 10.9 Å². The molecule has 1 rings (SSSR count). The lowest BCUT2D eigenvalue weighted by molar-refractivity contribution is 0.316. The molecule has 0 aliphatic carbocycles. The second kappa shape index (κ2) is 6.36. The number of hydrogen-bond donors (Lipinski definition) is 3. The van der Waals surface area contributed by atoms with Gasteiger partial charge in [-0.2, -0.15) is 0 Å². The highest BCUT2D eigenvalue weighted by atomic mass is 32.2. The number of hydrogen-bond acceptors (Lipinski definition) is 5. The van der Waals surface area contributed by atoms with Crippen LogP contribution in [-0.4, -0.2) is 32.3 Å². The minimum Gasteiger partial charge on any atom is -0.409 e. The maximum atomic E-state index is 11.2. The van der Waals surface area contributed by atoms with Gasteiger partial charge in [-0.3, -0.25) is 0 Å². The minimum atomic E-state index is -3.14. The number of benzene rings is 1. The standard InChI is InChI=1S/C11H17N3O3S/c1-18(16,17)10-4-2-9(3-5-10)8-13-7-6-11(12)14-15/h2-5,13,15H,6-8H2,1H3,(H2,12,14). The summed E-state index contributed by atoms with van der Waals surface area (Å²) in [6.45, 7) is 1.19. The average Bonchev–Trinajstić information content (AvgIpc) is 2.33. The van der Waals surface area contributed by atoms with E-state index in [-0.39, 0.29) is 5.84 Å². The van der Waals surface area contributed by atoms with Gasteiger partial charge in [0.05, 0.1) is 4.90 Å². The molecule has 0 aliphatic rings. The molecule has 6 nitrogen and oxygen atoms in total. The highest BCUT2D eigenvalue weighted by Crippen LogP contribution is 2.09. The Morgan fingerprint density at radius 2 is 2.00 bits per heavy atom. The summed E-state index contributed by atoms with van der Waals surface area (Å²) in [5.74, 6) is 0.176. The smallest absolute Gasteiger partial charge is 0.175 e. The van der Waals surface area contributed by atoms with Crippen molar-refractivity contribution in [2.24, 2.45) is 10.9 Å². The Kier molecular flexibility index (Phi) is 5.11. The molecule has 0 fully saturated rings. The van der Waals surface area contributed by atoms with Gasteiger partial charge in [0.25, 0.3) is 0 Å². The fourth-order valence-corrected chi connectivity index (χ4v) is 1.98. The number of nitrogens with one attached hydrogen (secondary N) is 1.